The van der Waals surface area contributed by atoms with E-state index in [9.17, 15) is 4.79 Å². The maximum absolute atomic E-state index is 11.8. The van der Waals surface area contributed by atoms with E-state index in [4.69, 9.17) is 4.42 Å². The first-order valence-electron chi connectivity index (χ1n) is 6.92. The van der Waals surface area contributed by atoms with Gasteiger partial charge >= 0.3 is 0 Å². The fraction of sp³-hybridized carbons (Fsp3) is 0.0556. The van der Waals surface area contributed by atoms with Crippen molar-refractivity contribution in [3.8, 4) is 11.1 Å². The van der Waals surface area contributed by atoms with Gasteiger partial charge in [0.15, 0.2) is 0 Å². The van der Waals surface area contributed by atoms with E-state index in [1.807, 2.05) is 53.9 Å². The number of thiophene rings is 1. The third-order valence-corrected chi connectivity index (χ3v) is 4.05. The van der Waals surface area contributed by atoms with Crippen LogP contribution in [0.15, 0.2) is 70.9 Å². The van der Waals surface area contributed by atoms with Crippen molar-refractivity contribution in [2.24, 2.45) is 0 Å². The first-order valence-corrected chi connectivity index (χ1v) is 7.80. The van der Waals surface area contributed by atoms with Crippen LogP contribution in [-0.2, 0) is 11.3 Å². The smallest absolute Gasteiger partial charge is 0.244 e. The number of nitrogens with one attached hydrogen (secondary N) is 1. The van der Waals surface area contributed by atoms with Gasteiger partial charge in [0.2, 0.25) is 5.91 Å². The molecule has 1 amide bonds. The average Bonchev–Trinajstić information content (AvgIpc) is 3.24. The molecule has 0 atom stereocenters. The molecule has 0 fully saturated rings. The van der Waals surface area contributed by atoms with E-state index in [1.165, 1.54) is 0 Å². The van der Waals surface area contributed by atoms with Gasteiger partial charge in [0.1, 0.15) is 0 Å². The molecule has 0 aliphatic carbocycles. The lowest BCUT2D eigenvalue weighted by Gasteiger charge is -2.04. The highest BCUT2D eigenvalue weighted by atomic mass is 32.1. The van der Waals surface area contributed by atoms with Crippen molar-refractivity contribution in [3.63, 3.8) is 0 Å². The highest BCUT2D eigenvalue weighted by Gasteiger charge is 2.00. The summed E-state index contributed by atoms with van der Waals surface area (Å²) in [6.45, 7) is 0.513. The Hall–Kier alpha value is -2.59. The molecule has 0 aliphatic heterocycles. The Labute approximate surface area is 132 Å². The van der Waals surface area contributed by atoms with E-state index in [0.717, 1.165) is 21.6 Å². The summed E-state index contributed by atoms with van der Waals surface area (Å²) in [4.78, 5) is 12.8. The summed E-state index contributed by atoms with van der Waals surface area (Å²) in [5.74, 6) is -0.0905. The fourth-order valence-electron chi connectivity index (χ4n) is 2.04. The Kier molecular flexibility index (Phi) is 4.51. The monoisotopic (exact) mass is 309 g/mol. The lowest BCUT2D eigenvalue weighted by atomic mass is 10.1. The van der Waals surface area contributed by atoms with Crippen LogP contribution in [0.4, 0.5) is 0 Å². The Morgan fingerprint density at radius 2 is 2.00 bits per heavy atom. The van der Waals surface area contributed by atoms with E-state index in [1.54, 1.807) is 29.9 Å². The predicted molar refractivity (Wildman–Crippen MR) is 89.3 cm³/mol. The minimum absolute atomic E-state index is 0.0905. The van der Waals surface area contributed by atoms with Crippen molar-refractivity contribution in [1.29, 1.82) is 0 Å². The second-order valence-corrected chi connectivity index (χ2v) is 5.75. The minimum atomic E-state index is -0.0905. The van der Waals surface area contributed by atoms with Crippen LogP contribution >= 0.6 is 11.3 Å². The van der Waals surface area contributed by atoms with Crippen LogP contribution in [0.1, 0.15) is 10.4 Å². The molecular weight excluding hydrogens is 294 g/mol. The van der Waals surface area contributed by atoms with Gasteiger partial charge in [-0.3, -0.25) is 4.79 Å². The topological polar surface area (TPSA) is 42.2 Å². The zero-order chi connectivity index (χ0) is 15.2. The number of carbonyl (C=O) groups excluding carboxylic acids is 1. The molecule has 0 spiro atoms. The highest BCUT2D eigenvalue weighted by Crippen LogP contribution is 2.19. The molecule has 0 aliphatic rings. The van der Waals surface area contributed by atoms with Crippen molar-refractivity contribution < 1.29 is 9.21 Å². The molecule has 22 heavy (non-hydrogen) atoms. The van der Waals surface area contributed by atoms with Crippen molar-refractivity contribution in [3.05, 3.63) is 76.9 Å². The molecule has 1 aromatic carbocycles. The van der Waals surface area contributed by atoms with E-state index < -0.39 is 0 Å². The van der Waals surface area contributed by atoms with E-state index in [0.29, 0.717) is 6.54 Å². The summed E-state index contributed by atoms with van der Waals surface area (Å²) >= 11 is 1.61. The van der Waals surface area contributed by atoms with Gasteiger partial charge in [0.05, 0.1) is 12.5 Å². The fourth-order valence-corrected chi connectivity index (χ4v) is 2.65. The molecule has 3 aromatic rings. The van der Waals surface area contributed by atoms with Crippen LogP contribution in [0.5, 0.6) is 0 Å². The van der Waals surface area contributed by atoms with Gasteiger partial charge in [-0.25, -0.2) is 0 Å². The Morgan fingerprint density at radius 3 is 2.68 bits per heavy atom. The molecule has 2 heterocycles. The van der Waals surface area contributed by atoms with Crippen LogP contribution in [0.2, 0.25) is 0 Å². The number of carbonyl (C=O) groups is 1. The van der Waals surface area contributed by atoms with E-state index in [2.05, 4.69) is 5.32 Å². The molecule has 2 aromatic heterocycles. The second kappa shape index (κ2) is 6.91. The first kappa shape index (κ1) is 14.4. The third-order valence-electron chi connectivity index (χ3n) is 3.22. The number of hydrogen-bond acceptors (Lipinski definition) is 3. The van der Waals surface area contributed by atoms with Crippen LogP contribution in [0.25, 0.3) is 17.2 Å². The van der Waals surface area contributed by atoms with Crippen molar-refractivity contribution in [2.75, 3.05) is 0 Å². The summed E-state index contributed by atoms with van der Waals surface area (Å²) in [6, 6.07) is 13.9. The van der Waals surface area contributed by atoms with Crippen LogP contribution in [0, 0.1) is 0 Å². The Bertz CT molecular complexity index is 741. The normalized spacial score (nSPS) is 10.9. The lowest BCUT2D eigenvalue weighted by molar-refractivity contribution is -0.116. The molecule has 4 heteroatoms. The van der Waals surface area contributed by atoms with Gasteiger partial charge in [-0.05, 0) is 34.7 Å². The summed E-state index contributed by atoms with van der Waals surface area (Å²) < 4.78 is 5.07. The van der Waals surface area contributed by atoms with Gasteiger partial charge < -0.3 is 9.73 Å². The quantitative estimate of drug-likeness (QED) is 0.712. The molecule has 0 bridgehead atoms. The summed E-state index contributed by atoms with van der Waals surface area (Å²) in [6.07, 6.45) is 6.75. The predicted octanol–water partition coefficient (Wildman–Crippen LogP) is 4.34. The molecule has 0 saturated heterocycles. The van der Waals surface area contributed by atoms with E-state index >= 15 is 0 Å². The van der Waals surface area contributed by atoms with Gasteiger partial charge in [0, 0.05) is 23.1 Å². The molecule has 1 N–H and O–H groups in total. The zero-order valence-corrected chi connectivity index (χ0v) is 12.7. The number of benzene rings is 1. The zero-order valence-electron chi connectivity index (χ0n) is 11.9. The van der Waals surface area contributed by atoms with Crippen LogP contribution < -0.4 is 5.32 Å². The molecule has 3 rings (SSSR count). The van der Waals surface area contributed by atoms with Crippen LogP contribution in [-0.4, -0.2) is 5.91 Å². The standard InChI is InChI=1S/C18H15NO2S/c20-18(8-7-17-2-1-11-22-17)19-12-14-3-5-15(6-4-14)16-9-10-21-13-16/h1-11,13H,12H2,(H,19,20). The maximum atomic E-state index is 11.8. The number of amides is 1. The molecule has 0 radical (unpaired) electrons. The van der Waals surface area contributed by atoms with Crippen molar-refractivity contribution in [1.82, 2.24) is 5.32 Å². The number of rotatable bonds is 5. The molecule has 3 nitrogen and oxygen atoms in total. The highest BCUT2D eigenvalue weighted by molar-refractivity contribution is 7.10. The van der Waals surface area contributed by atoms with Gasteiger partial charge in [0.25, 0.3) is 0 Å². The van der Waals surface area contributed by atoms with Gasteiger partial charge in [-0.1, -0.05) is 30.3 Å². The Morgan fingerprint density at radius 1 is 1.14 bits per heavy atom. The maximum Gasteiger partial charge on any atom is 0.244 e. The minimum Gasteiger partial charge on any atom is -0.472 e. The SMILES string of the molecule is O=C(C=Cc1cccs1)NCc1ccc(-c2ccoc2)cc1. The number of hydrogen-bond donors (Lipinski definition) is 1. The van der Waals surface area contributed by atoms with Gasteiger partial charge in [-0.15, -0.1) is 11.3 Å². The number of furan rings is 1. The Balaban J connectivity index is 1.54. The second-order valence-electron chi connectivity index (χ2n) is 4.78. The summed E-state index contributed by atoms with van der Waals surface area (Å²) in [5.41, 5.74) is 3.21. The molecule has 0 unspecified atom stereocenters. The summed E-state index contributed by atoms with van der Waals surface area (Å²) in [7, 11) is 0. The van der Waals surface area contributed by atoms with Gasteiger partial charge in [-0.2, -0.15) is 0 Å². The largest absolute Gasteiger partial charge is 0.472 e. The lowest BCUT2D eigenvalue weighted by Crippen LogP contribution is -2.20. The van der Waals surface area contributed by atoms with Crippen LogP contribution in [0.3, 0.4) is 0 Å². The van der Waals surface area contributed by atoms with Crippen molar-refractivity contribution >= 4 is 23.3 Å². The molecular formula is C18H15NO2S. The van der Waals surface area contributed by atoms with Crippen molar-refractivity contribution in [2.45, 2.75) is 6.54 Å². The van der Waals surface area contributed by atoms with E-state index in [-0.39, 0.29) is 5.91 Å². The average molecular weight is 309 g/mol. The molecule has 110 valence electrons. The molecule has 0 saturated carbocycles. The third kappa shape index (κ3) is 3.74. The summed E-state index contributed by atoms with van der Waals surface area (Å²) in [5, 5.41) is 4.86. The first-order chi connectivity index (χ1) is 10.8.